The molecule has 0 aliphatic heterocycles. The molecule has 0 atom stereocenters. The molecule has 0 saturated carbocycles. The minimum atomic E-state index is -0.898. The van der Waals surface area contributed by atoms with Crippen LogP contribution < -0.4 is 16.8 Å². The smallest absolute Gasteiger partial charge is 0.251 e. The van der Waals surface area contributed by atoms with Gasteiger partial charge in [-0.25, -0.2) is 8.78 Å². The number of anilines is 2. The molecule has 5 N–H and O–H groups in total. The topological polar surface area (TPSA) is 81.1 Å². The number of hydrogen-bond donors (Lipinski definition) is 3. The molecule has 0 bridgehead atoms. The van der Waals surface area contributed by atoms with Gasteiger partial charge in [0.2, 0.25) is 0 Å². The highest BCUT2D eigenvalue weighted by atomic mass is 35.5. The molecule has 8 heteroatoms. The molecule has 23 heavy (non-hydrogen) atoms. The van der Waals surface area contributed by atoms with Crippen molar-refractivity contribution in [1.29, 1.82) is 0 Å². The lowest BCUT2D eigenvalue weighted by Crippen LogP contribution is -2.25. The van der Waals surface area contributed by atoms with Gasteiger partial charge in [0.25, 0.3) is 5.91 Å². The van der Waals surface area contributed by atoms with E-state index in [0.717, 1.165) is 12.1 Å². The summed E-state index contributed by atoms with van der Waals surface area (Å²) in [6, 6.07) is 8.27. The first kappa shape index (κ1) is 20.9. The Morgan fingerprint density at radius 3 is 2.26 bits per heavy atom. The molecule has 1 amide bonds. The van der Waals surface area contributed by atoms with Crippen LogP contribution in [0.3, 0.4) is 0 Å². The third kappa shape index (κ3) is 5.58. The van der Waals surface area contributed by atoms with Gasteiger partial charge < -0.3 is 16.8 Å². The van der Waals surface area contributed by atoms with E-state index in [1.54, 1.807) is 12.1 Å². The van der Waals surface area contributed by atoms with Crippen LogP contribution in [-0.4, -0.2) is 12.5 Å². The molecular weight excluding hydrogens is 347 g/mol. The summed E-state index contributed by atoms with van der Waals surface area (Å²) in [7, 11) is 0. The Kier molecular flexibility index (Phi) is 8.35. The summed E-state index contributed by atoms with van der Waals surface area (Å²) in [5.74, 6) is -2.09. The standard InChI is InChI=1S/C15H15F2N3O.2ClH/c16-11-3-1-9(7-12(11)17)5-6-20-15(21)10-2-4-13(18)14(19)8-10;;/h1-4,7-8H,5-6,18-19H2,(H,20,21);2*1H. The number of rotatable bonds is 4. The number of halogens is 4. The summed E-state index contributed by atoms with van der Waals surface area (Å²) in [6.07, 6.45) is 0.396. The number of hydrogen-bond acceptors (Lipinski definition) is 3. The average molecular weight is 364 g/mol. The minimum Gasteiger partial charge on any atom is -0.397 e. The fraction of sp³-hybridized carbons (Fsp3) is 0.133. The Morgan fingerprint density at radius 2 is 1.65 bits per heavy atom. The third-order valence-electron chi connectivity index (χ3n) is 3.03. The van der Waals surface area contributed by atoms with Crippen molar-refractivity contribution in [1.82, 2.24) is 5.32 Å². The van der Waals surface area contributed by atoms with Gasteiger partial charge in [0.1, 0.15) is 0 Å². The van der Waals surface area contributed by atoms with E-state index in [4.69, 9.17) is 11.5 Å². The van der Waals surface area contributed by atoms with Crippen LogP contribution in [0, 0.1) is 11.6 Å². The molecule has 0 aliphatic rings. The minimum absolute atomic E-state index is 0. The third-order valence-corrected chi connectivity index (χ3v) is 3.03. The van der Waals surface area contributed by atoms with Crippen LogP contribution in [0.5, 0.6) is 0 Å². The molecule has 2 rings (SSSR count). The summed E-state index contributed by atoms with van der Waals surface area (Å²) in [6.45, 7) is 0.300. The Morgan fingerprint density at radius 1 is 0.957 bits per heavy atom. The van der Waals surface area contributed by atoms with Crippen molar-refractivity contribution in [2.24, 2.45) is 0 Å². The first-order valence-corrected chi connectivity index (χ1v) is 6.34. The second kappa shape index (κ2) is 9.17. The van der Waals surface area contributed by atoms with Crippen molar-refractivity contribution < 1.29 is 13.6 Å². The molecular formula is C15H17Cl2F2N3O. The van der Waals surface area contributed by atoms with Gasteiger partial charge in [0, 0.05) is 12.1 Å². The number of nitrogen functional groups attached to an aromatic ring is 2. The largest absolute Gasteiger partial charge is 0.397 e. The van der Waals surface area contributed by atoms with Crippen molar-refractivity contribution in [3.05, 3.63) is 59.2 Å². The molecule has 0 fully saturated rings. The first-order valence-electron chi connectivity index (χ1n) is 6.34. The number of nitrogens with one attached hydrogen (secondary N) is 1. The zero-order valence-electron chi connectivity index (χ0n) is 12.0. The quantitative estimate of drug-likeness (QED) is 0.730. The highest BCUT2D eigenvalue weighted by Crippen LogP contribution is 2.15. The average Bonchev–Trinajstić information content (AvgIpc) is 2.45. The van der Waals surface area contributed by atoms with Crippen molar-refractivity contribution in [2.75, 3.05) is 18.0 Å². The maximum atomic E-state index is 13.0. The molecule has 0 aliphatic carbocycles. The van der Waals surface area contributed by atoms with E-state index in [9.17, 15) is 13.6 Å². The van der Waals surface area contributed by atoms with Gasteiger partial charge >= 0.3 is 0 Å². The Labute approximate surface area is 145 Å². The van der Waals surface area contributed by atoms with Crippen molar-refractivity contribution in [3.63, 3.8) is 0 Å². The molecule has 2 aromatic rings. The molecule has 0 unspecified atom stereocenters. The Bertz CT molecular complexity index is 684. The number of amides is 1. The van der Waals surface area contributed by atoms with Crippen LogP contribution in [0.1, 0.15) is 15.9 Å². The predicted octanol–water partition coefficient (Wildman–Crippen LogP) is 2.95. The number of carbonyl (C=O) groups is 1. The molecule has 0 radical (unpaired) electrons. The maximum absolute atomic E-state index is 13.0. The van der Waals surface area contributed by atoms with Crippen LogP contribution >= 0.6 is 24.8 Å². The molecule has 126 valence electrons. The van der Waals surface area contributed by atoms with Gasteiger partial charge in [0.15, 0.2) is 11.6 Å². The van der Waals surface area contributed by atoms with Gasteiger partial charge in [0.05, 0.1) is 11.4 Å². The van der Waals surface area contributed by atoms with Crippen LogP contribution in [0.4, 0.5) is 20.2 Å². The van der Waals surface area contributed by atoms with Crippen molar-refractivity contribution in [2.45, 2.75) is 6.42 Å². The molecule has 0 heterocycles. The normalized spacial score (nSPS) is 9.48. The summed E-state index contributed by atoms with van der Waals surface area (Å²) in [5, 5.41) is 2.68. The summed E-state index contributed by atoms with van der Waals surface area (Å²) >= 11 is 0. The maximum Gasteiger partial charge on any atom is 0.251 e. The van der Waals surface area contributed by atoms with Crippen molar-refractivity contribution in [3.8, 4) is 0 Å². The summed E-state index contributed by atoms with van der Waals surface area (Å²) in [4.78, 5) is 11.9. The van der Waals surface area contributed by atoms with E-state index in [1.807, 2.05) is 0 Å². The Hall–Kier alpha value is -2.05. The second-order valence-corrected chi connectivity index (χ2v) is 4.60. The van der Waals surface area contributed by atoms with E-state index >= 15 is 0 Å². The van der Waals surface area contributed by atoms with Gasteiger partial charge in [-0.15, -0.1) is 24.8 Å². The zero-order chi connectivity index (χ0) is 15.4. The summed E-state index contributed by atoms with van der Waals surface area (Å²) in [5.41, 5.74) is 12.9. The molecule has 2 aromatic carbocycles. The van der Waals surface area contributed by atoms with Crippen LogP contribution in [0.15, 0.2) is 36.4 Å². The van der Waals surface area contributed by atoms with Crippen molar-refractivity contribution >= 4 is 42.1 Å². The SMILES string of the molecule is Cl.Cl.Nc1ccc(C(=O)NCCc2ccc(F)c(F)c2)cc1N. The Balaban J connectivity index is 0.00000242. The van der Waals surface area contributed by atoms with E-state index in [2.05, 4.69) is 5.32 Å². The highest BCUT2D eigenvalue weighted by Gasteiger charge is 2.07. The fourth-order valence-electron chi connectivity index (χ4n) is 1.83. The number of benzene rings is 2. The van der Waals surface area contributed by atoms with E-state index in [0.29, 0.717) is 35.5 Å². The van der Waals surface area contributed by atoms with E-state index in [-0.39, 0.29) is 30.7 Å². The van der Waals surface area contributed by atoms with Gasteiger partial charge in [-0.1, -0.05) is 6.07 Å². The zero-order valence-corrected chi connectivity index (χ0v) is 13.6. The molecule has 4 nitrogen and oxygen atoms in total. The van der Waals surface area contributed by atoms with Gasteiger partial charge in [-0.2, -0.15) is 0 Å². The number of nitrogens with two attached hydrogens (primary N) is 2. The van der Waals surface area contributed by atoms with E-state index < -0.39 is 11.6 Å². The van der Waals surface area contributed by atoms with E-state index in [1.165, 1.54) is 12.1 Å². The van der Waals surface area contributed by atoms with Crippen LogP contribution in [-0.2, 0) is 6.42 Å². The van der Waals surface area contributed by atoms with Crippen LogP contribution in [0.25, 0.3) is 0 Å². The highest BCUT2D eigenvalue weighted by molar-refractivity contribution is 5.95. The monoisotopic (exact) mass is 363 g/mol. The van der Waals surface area contributed by atoms with Crippen LogP contribution in [0.2, 0.25) is 0 Å². The lowest BCUT2D eigenvalue weighted by atomic mass is 10.1. The fourth-order valence-corrected chi connectivity index (χ4v) is 1.83. The molecule has 0 spiro atoms. The lowest BCUT2D eigenvalue weighted by Gasteiger charge is -2.07. The second-order valence-electron chi connectivity index (χ2n) is 4.60. The number of carbonyl (C=O) groups excluding carboxylic acids is 1. The summed E-state index contributed by atoms with van der Waals surface area (Å²) < 4.78 is 25.8. The predicted molar refractivity (Wildman–Crippen MR) is 92.2 cm³/mol. The van der Waals surface area contributed by atoms with Gasteiger partial charge in [-0.05, 0) is 42.3 Å². The first-order chi connectivity index (χ1) is 9.97. The lowest BCUT2D eigenvalue weighted by molar-refractivity contribution is 0.0954. The molecule has 0 aromatic heterocycles. The van der Waals surface area contributed by atoms with Gasteiger partial charge in [-0.3, -0.25) is 4.79 Å². The molecule has 0 saturated heterocycles.